The van der Waals surface area contributed by atoms with Crippen molar-refractivity contribution < 1.29 is 4.79 Å². The van der Waals surface area contributed by atoms with E-state index in [0.29, 0.717) is 17.9 Å². The zero-order valence-corrected chi connectivity index (χ0v) is 11.9. The fourth-order valence-electron chi connectivity index (χ4n) is 2.13. The summed E-state index contributed by atoms with van der Waals surface area (Å²) in [7, 11) is 0. The Hall–Kier alpha value is -2.43. The fourth-order valence-corrected chi connectivity index (χ4v) is 2.13. The van der Waals surface area contributed by atoms with Gasteiger partial charge in [0.25, 0.3) is 5.91 Å². The molecule has 0 aliphatic heterocycles. The molecule has 20 heavy (non-hydrogen) atoms. The number of nitrogen functional groups attached to an aromatic ring is 1. The van der Waals surface area contributed by atoms with Crippen LogP contribution < -0.4 is 11.5 Å². The van der Waals surface area contributed by atoms with Crippen molar-refractivity contribution in [2.45, 2.75) is 27.2 Å². The third-order valence-electron chi connectivity index (χ3n) is 3.34. The van der Waals surface area contributed by atoms with E-state index < -0.39 is 5.91 Å². The Kier molecular flexibility index (Phi) is 3.70. The summed E-state index contributed by atoms with van der Waals surface area (Å²) >= 11 is 0. The molecule has 5 nitrogen and oxygen atoms in total. The summed E-state index contributed by atoms with van der Waals surface area (Å²) in [5, 5.41) is 0. The van der Waals surface area contributed by atoms with Gasteiger partial charge in [-0.3, -0.25) is 4.79 Å². The molecule has 0 spiro atoms. The van der Waals surface area contributed by atoms with E-state index in [9.17, 15) is 4.79 Å². The number of aromatic nitrogens is 2. The lowest BCUT2D eigenvalue weighted by molar-refractivity contribution is 0.1000. The molecule has 1 amide bonds. The van der Waals surface area contributed by atoms with Crippen LogP contribution in [0, 0.1) is 20.8 Å². The topological polar surface area (TPSA) is 94.9 Å². The van der Waals surface area contributed by atoms with E-state index in [1.54, 1.807) is 6.92 Å². The van der Waals surface area contributed by atoms with Crippen LogP contribution in [0.1, 0.15) is 38.6 Å². The number of primary amides is 1. The summed E-state index contributed by atoms with van der Waals surface area (Å²) in [6.45, 7) is 5.84. The zero-order valence-electron chi connectivity index (χ0n) is 11.9. The Morgan fingerprint density at radius 3 is 2.40 bits per heavy atom. The van der Waals surface area contributed by atoms with Crippen molar-refractivity contribution in [2.24, 2.45) is 5.73 Å². The molecule has 1 aromatic carbocycles. The minimum absolute atomic E-state index is 0.142. The third-order valence-corrected chi connectivity index (χ3v) is 3.34. The first-order chi connectivity index (χ1) is 9.38. The molecule has 0 unspecified atom stereocenters. The molecular weight excluding hydrogens is 252 g/mol. The van der Waals surface area contributed by atoms with E-state index in [0.717, 1.165) is 5.56 Å². The molecule has 0 fully saturated rings. The SMILES string of the molecule is Cc1ccc(Cc2nc(C)c(C(N)=O)c(N)n2)cc1C. The molecule has 0 radical (unpaired) electrons. The number of nitrogens with zero attached hydrogens (tertiary/aromatic N) is 2. The van der Waals surface area contributed by atoms with Crippen LogP contribution in [0.15, 0.2) is 18.2 Å². The van der Waals surface area contributed by atoms with Crippen molar-refractivity contribution in [2.75, 3.05) is 5.73 Å². The quantitative estimate of drug-likeness (QED) is 0.887. The Bertz CT molecular complexity index is 657. The van der Waals surface area contributed by atoms with Gasteiger partial charge in [0.2, 0.25) is 0 Å². The Labute approximate surface area is 118 Å². The zero-order chi connectivity index (χ0) is 14.9. The van der Waals surface area contributed by atoms with E-state index in [1.165, 1.54) is 11.1 Å². The molecule has 2 aromatic rings. The monoisotopic (exact) mass is 270 g/mol. The van der Waals surface area contributed by atoms with Crippen molar-refractivity contribution in [1.29, 1.82) is 0 Å². The van der Waals surface area contributed by atoms with Crippen LogP contribution in [0.2, 0.25) is 0 Å². The highest BCUT2D eigenvalue weighted by molar-refractivity contribution is 5.98. The second kappa shape index (κ2) is 5.28. The van der Waals surface area contributed by atoms with Gasteiger partial charge in [0.15, 0.2) is 0 Å². The molecule has 1 heterocycles. The van der Waals surface area contributed by atoms with Gasteiger partial charge in [-0.25, -0.2) is 9.97 Å². The lowest BCUT2D eigenvalue weighted by atomic mass is 10.0. The van der Waals surface area contributed by atoms with Crippen LogP contribution in [0.3, 0.4) is 0 Å². The van der Waals surface area contributed by atoms with Crippen LogP contribution in [0.4, 0.5) is 5.82 Å². The van der Waals surface area contributed by atoms with E-state index in [-0.39, 0.29) is 11.4 Å². The third kappa shape index (κ3) is 2.77. The van der Waals surface area contributed by atoms with Crippen LogP contribution in [0.25, 0.3) is 0 Å². The van der Waals surface area contributed by atoms with E-state index in [1.807, 2.05) is 6.07 Å². The fraction of sp³-hybridized carbons (Fsp3) is 0.267. The highest BCUT2D eigenvalue weighted by Gasteiger charge is 2.14. The summed E-state index contributed by atoms with van der Waals surface area (Å²) in [6.07, 6.45) is 0.575. The molecule has 0 saturated heterocycles. The van der Waals surface area contributed by atoms with Gasteiger partial charge >= 0.3 is 0 Å². The van der Waals surface area contributed by atoms with Crippen molar-refractivity contribution in [1.82, 2.24) is 9.97 Å². The van der Waals surface area contributed by atoms with Gasteiger partial charge in [0, 0.05) is 6.42 Å². The number of amides is 1. The Morgan fingerprint density at radius 1 is 1.15 bits per heavy atom. The van der Waals surface area contributed by atoms with E-state index >= 15 is 0 Å². The summed E-state index contributed by atoms with van der Waals surface area (Å²) in [6, 6.07) is 6.21. The number of anilines is 1. The van der Waals surface area contributed by atoms with E-state index in [4.69, 9.17) is 11.5 Å². The van der Waals surface area contributed by atoms with Crippen LogP contribution >= 0.6 is 0 Å². The minimum Gasteiger partial charge on any atom is -0.383 e. The average Bonchev–Trinajstić information content (AvgIpc) is 2.32. The van der Waals surface area contributed by atoms with Gasteiger partial charge in [-0.05, 0) is 37.5 Å². The standard InChI is InChI=1S/C15H18N4O/c1-8-4-5-11(6-9(8)2)7-12-18-10(3)13(15(17)20)14(16)19-12/h4-6H,7H2,1-3H3,(H2,17,20)(H2,16,18,19). The lowest BCUT2D eigenvalue weighted by Crippen LogP contribution is -2.18. The van der Waals surface area contributed by atoms with Crippen molar-refractivity contribution in [3.8, 4) is 0 Å². The Balaban J connectivity index is 2.35. The van der Waals surface area contributed by atoms with Crippen molar-refractivity contribution in [3.63, 3.8) is 0 Å². The van der Waals surface area contributed by atoms with Crippen molar-refractivity contribution >= 4 is 11.7 Å². The van der Waals surface area contributed by atoms with Gasteiger partial charge in [-0.15, -0.1) is 0 Å². The normalized spacial score (nSPS) is 10.6. The van der Waals surface area contributed by atoms with Gasteiger partial charge in [-0.2, -0.15) is 0 Å². The number of hydrogen-bond donors (Lipinski definition) is 2. The largest absolute Gasteiger partial charge is 0.383 e. The number of carbonyl (C=O) groups is 1. The smallest absolute Gasteiger partial charge is 0.254 e. The molecule has 1 aromatic heterocycles. The lowest BCUT2D eigenvalue weighted by Gasteiger charge is -2.09. The van der Waals surface area contributed by atoms with Crippen LogP contribution in [-0.2, 0) is 6.42 Å². The molecule has 2 rings (SSSR count). The molecule has 5 heteroatoms. The summed E-state index contributed by atoms with van der Waals surface area (Å²) in [5.74, 6) is 0.134. The molecule has 0 saturated carbocycles. The Morgan fingerprint density at radius 2 is 1.85 bits per heavy atom. The second-order valence-electron chi connectivity index (χ2n) is 4.95. The maximum absolute atomic E-state index is 11.3. The van der Waals surface area contributed by atoms with Gasteiger partial charge in [0.05, 0.1) is 5.69 Å². The molecule has 0 bridgehead atoms. The summed E-state index contributed by atoms with van der Waals surface area (Å²) in [5.41, 5.74) is 15.3. The van der Waals surface area contributed by atoms with Crippen LogP contribution in [0.5, 0.6) is 0 Å². The number of nitrogens with two attached hydrogens (primary N) is 2. The maximum atomic E-state index is 11.3. The molecular formula is C15H18N4O. The van der Waals surface area contributed by atoms with Gasteiger partial charge in [-0.1, -0.05) is 18.2 Å². The molecule has 104 valence electrons. The predicted molar refractivity (Wildman–Crippen MR) is 78.4 cm³/mol. The summed E-state index contributed by atoms with van der Waals surface area (Å²) < 4.78 is 0. The molecule has 4 N–H and O–H groups in total. The first-order valence-electron chi connectivity index (χ1n) is 6.37. The van der Waals surface area contributed by atoms with Crippen molar-refractivity contribution in [3.05, 3.63) is 52.0 Å². The number of aryl methyl sites for hydroxylation is 3. The first-order valence-corrected chi connectivity index (χ1v) is 6.37. The van der Waals surface area contributed by atoms with Gasteiger partial charge in [0.1, 0.15) is 17.2 Å². The van der Waals surface area contributed by atoms with Gasteiger partial charge < -0.3 is 11.5 Å². The summed E-state index contributed by atoms with van der Waals surface area (Å²) in [4.78, 5) is 19.7. The predicted octanol–water partition coefficient (Wildman–Crippen LogP) is 1.67. The highest BCUT2D eigenvalue weighted by atomic mass is 16.1. The first kappa shape index (κ1) is 14.0. The molecule has 0 aliphatic carbocycles. The number of benzene rings is 1. The minimum atomic E-state index is -0.599. The van der Waals surface area contributed by atoms with E-state index in [2.05, 4.69) is 35.9 Å². The average molecular weight is 270 g/mol. The highest BCUT2D eigenvalue weighted by Crippen LogP contribution is 2.16. The maximum Gasteiger partial charge on any atom is 0.254 e. The number of rotatable bonds is 3. The number of hydrogen-bond acceptors (Lipinski definition) is 4. The molecule has 0 atom stereocenters. The second-order valence-corrected chi connectivity index (χ2v) is 4.95. The van der Waals surface area contributed by atoms with Crippen LogP contribution in [-0.4, -0.2) is 15.9 Å². The molecule has 0 aliphatic rings. The number of carbonyl (C=O) groups excluding carboxylic acids is 1.